The molecular weight excluding hydrogens is 263 g/mol. The zero-order valence-electron chi connectivity index (χ0n) is 9.65. The Kier molecular flexibility index (Phi) is 3.28. The SMILES string of the molecule is Cc1ccc(F)c(-c2nc(C(F)F)c(C(=O)O)o2)c1. The van der Waals surface area contributed by atoms with Crippen LogP contribution in [0.1, 0.15) is 28.2 Å². The number of carboxylic acids is 1. The molecule has 0 saturated heterocycles. The molecule has 0 fully saturated rings. The van der Waals surface area contributed by atoms with Crippen LogP contribution in [0.25, 0.3) is 11.5 Å². The molecule has 7 heteroatoms. The first-order chi connectivity index (χ1) is 8.90. The zero-order chi connectivity index (χ0) is 14.2. The molecule has 0 spiro atoms. The lowest BCUT2D eigenvalue weighted by Gasteiger charge is -1.99. The average molecular weight is 271 g/mol. The summed E-state index contributed by atoms with van der Waals surface area (Å²) in [4.78, 5) is 14.1. The fourth-order valence-electron chi connectivity index (χ4n) is 1.55. The van der Waals surface area contributed by atoms with Crippen LogP contribution < -0.4 is 0 Å². The molecule has 4 nitrogen and oxygen atoms in total. The minimum Gasteiger partial charge on any atom is -0.475 e. The average Bonchev–Trinajstić information content (AvgIpc) is 2.77. The largest absolute Gasteiger partial charge is 0.475 e. The second-order valence-corrected chi connectivity index (χ2v) is 3.82. The Morgan fingerprint density at radius 1 is 1.42 bits per heavy atom. The number of rotatable bonds is 3. The van der Waals surface area contributed by atoms with Crippen molar-refractivity contribution in [2.24, 2.45) is 0 Å². The van der Waals surface area contributed by atoms with Crippen molar-refractivity contribution in [3.8, 4) is 11.5 Å². The van der Waals surface area contributed by atoms with E-state index in [-0.39, 0.29) is 5.56 Å². The molecule has 1 N–H and O–H groups in total. The van der Waals surface area contributed by atoms with Gasteiger partial charge in [0, 0.05) is 0 Å². The van der Waals surface area contributed by atoms with Gasteiger partial charge in [-0.3, -0.25) is 0 Å². The number of aryl methyl sites for hydroxylation is 1. The molecular formula is C12H8F3NO3. The first kappa shape index (κ1) is 13.1. The number of hydrogen-bond acceptors (Lipinski definition) is 3. The van der Waals surface area contributed by atoms with E-state index in [1.165, 1.54) is 12.1 Å². The molecule has 0 amide bonds. The van der Waals surface area contributed by atoms with Crippen LogP contribution in [0.3, 0.4) is 0 Å². The third kappa shape index (κ3) is 2.44. The molecule has 1 aromatic carbocycles. The van der Waals surface area contributed by atoms with Crippen molar-refractivity contribution in [2.75, 3.05) is 0 Å². The Bertz CT molecular complexity index is 637. The van der Waals surface area contributed by atoms with Crippen molar-refractivity contribution in [3.63, 3.8) is 0 Å². The predicted molar refractivity (Wildman–Crippen MR) is 58.6 cm³/mol. The number of hydrogen-bond donors (Lipinski definition) is 1. The van der Waals surface area contributed by atoms with E-state index in [0.29, 0.717) is 5.56 Å². The quantitative estimate of drug-likeness (QED) is 0.928. The maximum absolute atomic E-state index is 13.6. The number of aromatic carboxylic acids is 1. The van der Waals surface area contributed by atoms with Crippen LogP contribution in [0.15, 0.2) is 22.6 Å². The van der Waals surface area contributed by atoms with Crippen molar-refractivity contribution in [1.29, 1.82) is 0 Å². The molecule has 0 atom stereocenters. The Morgan fingerprint density at radius 2 is 2.11 bits per heavy atom. The number of alkyl halides is 2. The standard InChI is InChI=1S/C12H8F3NO3/c1-5-2-3-7(13)6(4-5)11-16-8(10(14)15)9(19-11)12(17)18/h2-4,10H,1H3,(H,17,18). The van der Waals surface area contributed by atoms with Crippen LogP contribution in [0.2, 0.25) is 0 Å². The number of benzene rings is 1. The molecule has 2 aromatic rings. The summed E-state index contributed by atoms with van der Waals surface area (Å²) in [5, 5.41) is 8.74. The third-order valence-electron chi connectivity index (χ3n) is 2.41. The van der Waals surface area contributed by atoms with Crippen molar-refractivity contribution >= 4 is 5.97 Å². The summed E-state index contributed by atoms with van der Waals surface area (Å²) in [6, 6.07) is 3.94. The van der Waals surface area contributed by atoms with E-state index in [2.05, 4.69) is 4.98 Å². The van der Waals surface area contributed by atoms with Crippen LogP contribution in [-0.2, 0) is 0 Å². The van der Waals surface area contributed by atoms with Gasteiger partial charge in [-0.05, 0) is 19.1 Å². The second kappa shape index (κ2) is 4.75. The first-order valence-corrected chi connectivity index (χ1v) is 5.19. The number of aromatic nitrogens is 1. The normalized spacial score (nSPS) is 11.0. The summed E-state index contributed by atoms with van der Waals surface area (Å²) >= 11 is 0. The lowest BCUT2D eigenvalue weighted by atomic mass is 10.1. The van der Waals surface area contributed by atoms with Crippen LogP contribution in [0, 0.1) is 12.7 Å². The fraction of sp³-hybridized carbons (Fsp3) is 0.167. The molecule has 2 rings (SSSR count). The minimum absolute atomic E-state index is 0.158. The van der Waals surface area contributed by atoms with Gasteiger partial charge in [-0.25, -0.2) is 22.9 Å². The van der Waals surface area contributed by atoms with E-state index in [4.69, 9.17) is 9.52 Å². The minimum atomic E-state index is -3.11. The number of nitrogens with zero attached hydrogens (tertiary/aromatic N) is 1. The Labute approximate surface area is 105 Å². The summed E-state index contributed by atoms with van der Waals surface area (Å²) in [6.07, 6.45) is -3.11. The Morgan fingerprint density at radius 3 is 2.63 bits per heavy atom. The maximum atomic E-state index is 13.6. The summed E-state index contributed by atoms with van der Waals surface area (Å²) in [7, 11) is 0. The molecule has 0 aliphatic heterocycles. The van der Waals surface area contributed by atoms with E-state index in [0.717, 1.165) is 6.07 Å². The number of oxazole rings is 1. The van der Waals surface area contributed by atoms with E-state index >= 15 is 0 Å². The summed E-state index contributed by atoms with van der Waals surface area (Å²) in [5.74, 6) is -3.87. The van der Waals surface area contributed by atoms with E-state index in [9.17, 15) is 18.0 Å². The highest BCUT2D eigenvalue weighted by Gasteiger charge is 2.27. The van der Waals surface area contributed by atoms with Crippen molar-refractivity contribution in [3.05, 3.63) is 41.0 Å². The Hall–Kier alpha value is -2.31. The van der Waals surface area contributed by atoms with E-state index in [1.807, 2.05) is 0 Å². The second-order valence-electron chi connectivity index (χ2n) is 3.82. The van der Waals surface area contributed by atoms with Gasteiger partial charge in [-0.1, -0.05) is 11.6 Å². The van der Waals surface area contributed by atoms with Crippen LogP contribution in [0.5, 0.6) is 0 Å². The van der Waals surface area contributed by atoms with Crippen LogP contribution in [0.4, 0.5) is 13.2 Å². The van der Waals surface area contributed by atoms with Crippen LogP contribution in [-0.4, -0.2) is 16.1 Å². The van der Waals surface area contributed by atoms with Gasteiger partial charge in [-0.2, -0.15) is 0 Å². The molecule has 0 aliphatic rings. The van der Waals surface area contributed by atoms with Gasteiger partial charge in [0.1, 0.15) is 5.82 Å². The van der Waals surface area contributed by atoms with Gasteiger partial charge in [0.25, 0.3) is 6.43 Å². The van der Waals surface area contributed by atoms with Gasteiger partial charge < -0.3 is 9.52 Å². The molecule has 1 aromatic heterocycles. The summed E-state index contributed by atoms with van der Waals surface area (Å²) in [6.45, 7) is 1.66. The van der Waals surface area contributed by atoms with E-state index < -0.39 is 35.6 Å². The molecule has 0 aliphatic carbocycles. The number of carboxylic acid groups (broad SMARTS) is 1. The fourth-order valence-corrected chi connectivity index (χ4v) is 1.55. The molecule has 19 heavy (non-hydrogen) atoms. The maximum Gasteiger partial charge on any atom is 0.374 e. The lowest BCUT2D eigenvalue weighted by molar-refractivity contribution is 0.0646. The Balaban J connectivity index is 2.60. The zero-order valence-corrected chi connectivity index (χ0v) is 9.65. The number of halogens is 3. The van der Waals surface area contributed by atoms with Crippen LogP contribution >= 0.6 is 0 Å². The monoisotopic (exact) mass is 271 g/mol. The summed E-state index contributed by atoms with van der Waals surface area (Å²) in [5.41, 5.74) is -0.511. The molecule has 0 unspecified atom stereocenters. The van der Waals surface area contributed by atoms with Gasteiger partial charge in [0.05, 0.1) is 5.56 Å². The van der Waals surface area contributed by atoms with E-state index in [1.54, 1.807) is 6.92 Å². The van der Waals surface area contributed by atoms with Crippen molar-refractivity contribution in [1.82, 2.24) is 4.98 Å². The highest BCUT2D eigenvalue weighted by atomic mass is 19.3. The molecule has 0 radical (unpaired) electrons. The van der Waals surface area contributed by atoms with Gasteiger partial charge in [0.2, 0.25) is 11.7 Å². The molecule has 0 saturated carbocycles. The topological polar surface area (TPSA) is 63.3 Å². The smallest absolute Gasteiger partial charge is 0.374 e. The third-order valence-corrected chi connectivity index (χ3v) is 2.41. The van der Waals surface area contributed by atoms with Gasteiger partial charge in [0.15, 0.2) is 5.69 Å². The first-order valence-electron chi connectivity index (χ1n) is 5.19. The van der Waals surface area contributed by atoms with Crippen molar-refractivity contribution < 1.29 is 27.5 Å². The number of carbonyl (C=O) groups is 1. The molecule has 100 valence electrons. The highest BCUT2D eigenvalue weighted by Crippen LogP contribution is 2.30. The summed E-state index contributed by atoms with van der Waals surface area (Å²) < 4.78 is 43.5. The molecule has 0 bridgehead atoms. The van der Waals surface area contributed by atoms with Gasteiger partial charge in [-0.15, -0.1) is 0 Å². The lowest BCUT2D eigenvalue weighted by Crippen LogP contribution is -1.99. The predicted octanol–water partition coefficient (Wildman–Crippen LogP) is 3.42. The van der Waals surface area contributed by atoms with Crippen molar-refractivity contribution in [2.45, 2.75) is 13.3 Å². The van der Waals surface area contributed by atoms with Gasteiger partial charge >= 0.3 is 5.97 Å². The highest BCUT2D eigenvalue weighted by molar-refractivity contribution is 5.86. The molecule has 1 heterocycles.